The Morgan fingerprint density at radius 3 is 2.47 bits per heavy atom. The molecule has 0 aromatic carbocycles. The molecule has 2 saturated carbocycles. The van der Waals surface area contributed by atoms with Gasteiger partial charge in [-0.1, -0.05) is 33.8 Å². The number of esters is 3. The summed E-state index contributed by atoms with van der Waals surface area (Å²) in [4.78, 5) is 53.3. The first-order valence-electron chi connectivity index (χ1n) is 14.8. The fourth-order valence-corrected chi connectivity index (χ4v) is 8.54. The third-order valence-corrected chi connectivity index (χ3v) is 11.1. The van der Waals surface area contributed by atoms with E-state index >= 15 is 0 Å². The zero-order chi connectivity index (χ0) is 31.8. The molecule has 2 saturated heterocycles. The lowest BCUT2D eigenvalue weighted by atomic mass is 9.50. The van der Waals surface area contributed by atoms with Crippen molar-refractivity contribution in [1.29, 1.82) is 0 Å². The van der Waals surface area contributed by atoms with Crippen LogP contribution in [0.25, 0.3) is 0 Å². The molecule has 0 amide bonds. The molecule has 43 heavy (non-hydrogen) atoms. The van der Waals surface area contributed by atoms with Gasteiger partial charge in [-0.2, -0.15) is 0 Å². The second-order valence-corrected chi connectivity index (χ2v) is 13.7. The second-order valence-electron chi connectivity index (χ2n) is 13.7. The molecule has 2 aliphatic carbocycles. The zero-order valence-corrected chi connectivity index (χ0v) is 25.8. The van der Waals surface area contributed by atoms with Crippen molar-refractivity contribution in [3.63, 3.8) is 0 Å². The lowest BCUT2D eigenvalue weighted by Gasteiger charge is -2.58. The molecular formula is C32H42O11. The number of methoxy groups -OCH3 is 1. The van der Waals surface area contributed by atoms with Crippen molar-refractivity contribution in [2.45, 2.75) is 103 Å². The first kappa shape index (κ1) is 31.4. The van der Waals surface area contributed by atoms with E-state index in [0.29, 0.717) is 11.1 Å². The van der Waals surface area contributed by atoms with Crippen molar-refractivity contribution in [2.75, 3.05) is 7.11 Å². The number of cyclic esters (lactones) is 1. The van der Waals surface area contributed by atoms with Crippen molar-refractivity contribution >= 4 is 23.7 Å². The first-order chi connectivity index (χ1) is 20.0. The summed E-state index contributed by atoms with van der Waals surface area (Å²) in [6.07, 6.45) is 1.92. The van der Waals surface area contributed by atoms with Gasteiger partial charge in [0.25, 0.3) is 0 Å². The molecule has 0 radical (unpaired) electrons. The molecule has 3 heterocycles. The molecule has 1 aromatic rings. The number of aliphatic hydroxyl groups is 2. The van der Waals surface area contributed by atoms with Crippen LogP contribution >= 0.6 is 0 Å². The van der Waals surface area contributed by atoms with Gasteiger partial charge in [0.2, 0.25) is 0 Å². The number of fused-ring (bicyclic) bond motifs is 3. The summed E-state index contributed by atoms with van der Waals surface area (Å²) in [5, 5.41) is 24.8. The summed E-state index contributed by atoms with van der Waals surface area (Å²) in [6, 6.07) is 1.69. The number of carbonyl (C=O) groups is 4. The number of ether oxygens (including phenoxy) is 4. The van der Waals surface area contributed by atoms with Crippen molar-refractivity contribution < 1.29 is 52.8 Å². The molecular weight excluding hydrogens is 560 g/mol. The molecule has 11 nitrogen and oxygen atoms in total. The molecule has 4 aliphatic rings. The summed E-state index contributed by atoms with van der Waals surface area (Å²) in [6.45, 7) is 10.4. The maximum absolute atomic E-state index is 14.5. The second kappa shape index (κ2) is 10.3. The lowest BCUT2D eigenvalue weighted by molar-refractivity contribution is -0.338. The highest BCUT2D eigenvalue weighted by atomic mass is 16.7. The van der Waals surface area contributed by atoms with E-state index in [2.05, 4.69) is 0 Å². The molecule has 2 aliphatic heterocycles. The van der Waals surface area contributed by atoms with Crippen LogP contribution in [0.2, 0.25) is 0 Å². The molecule has 1 spiro atoms. The van der Waals surface area contributed by atoms with E-state index in [0.717, 1.165) is 0 Å². The zero-order valence-electron chi connectivity index (χ0n) is 25.8. The molecule has 11 heteroatoms. The van der Waals surface area contributed by atoms with Crippen LogP contribution in [0.1, 0.15) is 85.3 Å². The Labute approximate surface area is 250 Å². The van der Waals surface area contributed by atoms with Gasteiger partial charge in [0.15, 0.2) is 17.2 Å². The molecule has 9 atom stereocenters. The monoisotopic (exact) mass is 602 g/mol. The summed E-state index contributed by atoms with van der Waals surface area (Å²) in [7, 11) is 1.26. The van der Waals surface area contributed by atoms with Gasteiger partial charge in [-0.05, 0) is 32.3 Å². The van der Waals surface area contributed by atoms with Crippen LogP contribution in [-0.2, 0) is 38.1 Å². The highest BCUT2D eigenvalue weighted by Crippen LogP contribution is 2.68. The SMILES string of the molecule is C/C=C(\C)C(=O)O[C@H]1C(C)(C)C(CC(=O)OC)[C@@H](C)C(=O)[C@@]12C[C@]1(O)C3CC(=O)O[C@@H](c4ccoc4)[C@]3(C)CC[C@]1(O)O2. The fraction of sp³-hybridized carbons (Fsp3) is 0.688. The molecule has 0 bridgehead atoms. The number of ketones is 1. The standard InChI is InChI=1S/C32H42O11/c1-8-17(2)26(36)42-27-28(4,5)20(13-22(33)39-7)18(3)24(35)30(27)16-31(37)21-14-23(34)41-25(19-9-12-40-15-19)29(21,6)10-11-32(31,38)43-30/h8-9,12,15,18,20-21,25,27,37-38H,10-11,13-14,16H2,1-7H3/b17-8+/t18-,20?,21?,25+,27+,29-,30+,31+,32+/m1/s1. The molecule has 2 N–H and O–H groups in total. The number of hydrogen-bond donors (Lipinski definition) is 2. The number of hydrogen-bond acceptors (Lipinski definition) is 11. The summed E-state index contributed by atoms with van der Waals surface area (Å²) in [5.41, 5.74) is -5.07. The van der Waals surface area contributed by atoms with Crippen LogP contribution in [0.4, 0.5) is 0 Å². The summed E-state index contributed by atoms with van der Waals surface area (Å²) < 4.78 is 28.5. The third kappa shape index (κ3) is 4.41. The van der Waals surface area contributed by atoms with E-state index in [4.69, 9.17) is 23.4 Å². The highest BCUT2D eigenvalue weighted by molar-refractivity contribution is 5.94. The van der Waals surface area contributed by atoms with Gasteiger partial charge in [0.1, 0.15) is 17.8 Å². The minimum atomic E-state index is -2.24. The number of rotatable bonds is 5. The number of Topliss-reactive ketones (excluding diaryl/α,β-unsaturated/α-hetero) is 1. The average Bonchev–Trinajstić information content (AvgIpc) is 3.58. The summed E-state index contributed by atoms with van der Waals surface area (Å²) >= 11 is 0. The van der Waals surface area contributed by atoms with Crippen molar-refractivity contribution in [2.24, 2.45) is 28.6 Å². The largest absolute Gasteiger partial charge is 0.472 e. The molecule has 1 aromatic heterocycles. The minimum absolute atomic E-state index is 0.0770. The van der Waals surface area contributed by atoms with E-state index in [-0.39, 0.29) is 25.7 Å². The quantitative estimate of drug-likeness (QED) is 0.288. The first-order valence-corrected chi connectivity index (χ1v) is 14.8. The van der Waals surface area contributed by atoms with Gasteiger partial charge in [0.05, 0.1) is 26.1 Å². The Balaban J connectivity index is 1.64. The van der Waals surface area contributed by atoms with Crippen LogP contribution in [0, 0.1) is 28.6 Å². The predicted octanol–water partition coefficient (Wildman–Crippen LogP) is 3.57. The van der Waals surface area contributed by atoms with Crippen molar-refractivity contribution in [3.8, 4) is 0 Å². The molecule has 2 unspecified atom stereocenters. The number of carbonyl (C=O) groups excluding carboxylic acids is 4. The lowest BCUT2D eigenvalue weighted by Crippen LogP contribution is -2.67. The Kier molecular flexibility index (Phi) is 7.50. The molecule has 4 fully saturated rings. The molecule has 5 rings (SSSR count). The highest BCUT2D eigenvalue weighted by Gasteiger charge is 2.80. The van der Waals surface area contributed by atoms with Gasteiger partial charge in [-0.15, -0.1) is 0 Å². The topological polar surface area (TPSA) is 159 Å². The van der Waals surface area contributed by atoms with Crippen LogP contribution in [-0.4, -0.2) is 64.1 Å². The van der Waals surface area contributed by atoms with Gasteiger partial charge in [-0.25, -0.2) is 4.79 Å². The van der Waals surface area contributed by atoms with E-state index in [1.807, 2.05) is 6.92 Å². The van der Waals surface area contributed by atoms with E-state index in [9.17, 15) is 29.4 Å². The normalized spacial score (nSPS) is 42.2. The Hall–Kier alpha value is -3.02. The Morgan fingerprint density at radius 1 is 1.16 bits per heavy atom. The van der Waals surface area contributed by atoms with Crippen molar-refractivity contribution in [1.82, 2.24) is 0 Å². The third-order valence-electron chi connectivity index (χ3n) is 11.1. The van der Waals surface area contributed by atoms with Gasteiger partial charge >= 0.3 is 17.9 Å². The molecule has 236 valence electrons. The van der Waals surface area contributed by atoms with Crippen LogP contribution in [0.15, 0.2) is 34.7 Å². The average molecular weight is 603 g/mol. The van der Waals surface area contributed by atoms with Crippen LogP contribution in [0.3, 0.4) is 0 Å². The van der Waals surface area contributed by atoms with Gasteiger partial charge in [0, 0.05) is 53.1 Å². The Bertz CT molecular complexity index is 1350. The maximum Gasteiger partial charge on any atom is 0.333 e. The van der Waals surface area contributed by atoms with Crippen molar-refractivity contribution in [3.05, 3.63) is 35.8 Å². The number of furan rings is 1. The summed E-state index contributed by atoms with van der Waals surface area (Å²) in [5.74, 6) is -6.81. The fourth-order valence-electron chi connectivity index (χ4n) is 8.54. The smallest absolute Gasteiger partial charge is 0.333 e. The van der Waals surface area contributed by atoms with Gasteiger partial charge in [-0.3, -0.25) is 14.4 Å². The van der Waals surface area contributed by atoms with E-state index in [1.54, 1.807) is 46.8 Å². The van der Waals surface area contributed by atoms with Crippen LogP contribution in [0.5, 0.6) is 0 Å². The Morgan fingerprint density at radius 2 is 1.86 bits per heavy atom. The van der Waals surface area contributed by atoms with Gasteiger partial charge < -0.3 is 33.6 Å². The van der Waals surface area contributed by atoms with E-state index < -0.39 is 87.9 Å². The minimum Gasteiger partial charge on any atom is -0.472 e. The van der Waals surface area contributed by atoms with Crippen LogP contribution < -0.4 is 0 Å². The predicted molar refractivity (Wildman–Crippen MR) is 149 cm³/mol. The maximum atomic E-state index is 14.5. The van der Waals surface area contributed by atoms with E-state index in [1.165, 1.54) is 19.6 Å². The number of allylic oxidation sites excluding steroid dienone is 1.